The van der Waals surface area contributed by atoms with E-state index in [0.29, 0.717) is 5.69 Å². The maximum atomic E-state index is 13.2. The number of thioether (sulfide) groups is 1. The van der Waals surface area contributed by atoms with E-state index in [-0.39, 0.29) is 17.6 Å². The number of aryl methyl sites for hydroxylation is 2. The van der Waals surface area contributed by atoms with Gasteiger partial charge in [0.05, 0.1) is 27.7 Å². The summed E-state index contributed by atoms with van der Waals surface area (Å²) in [7, 11) is 0. The minimum atomic E-state index is -0.963. The number of amides is 2. The molecule has 0 unspecified atom stereocenters. The molecule has 0 atom stereocenters. The molecule has 2 amide bonds. The zero-order valence-corrected chi connectivity index (χ0v) is 17.8. The third-order valence-electron chi connectivity index (χ3n) is 5.33. The van der Waals surface area contributed by atoms with Crippen molar-refractivity contribution < 1.29 is 9.59 Å². The van der Waals surface area contributed by atoms with E-state index >= 15 is 0 Å². The summed E-state index contributed by atoms with van der Waals surface area (Å²) in [5.74, 6) is -0.106. The molecule has 0 saturated heterocycles. The average molecular weight is 406 g/mol. The minimum Gasteiger partial charge on any atom is -0.322 e. The minimum absolute atomic E-state index is 0.119. The second kappa shape index (κ2) is 7.19. The molecule has 29 heavy (non-hydrogen) atoms. The number of pyridine rings is 1. The van der Waals surface area contributed by atoms with Crippen molar-refractivity contribution in [1.29, 1.82) is 0 Å². The second-order valence-electron chi connectivity index (χ2n) is 7.80. The van der Waals surface area contributed by atoms with Gasteiger partial charge in [0, 0.05) is 5.39 Å². The summed E-state index contributed by atoms with van der Waals surface area (Å²) in [6.07, 6.45) is 0. The number of hydrogen-bond donors (Lipinski definition) is 1. The molecule has 148 valence electrons. The van der Waals surface area contributed by atoms with Crippen LogP contribution in [0.3, 0.4) is 0 Å². The van der Waals surface area contributed by atoms with Crippen molar-refractivity contribution in [2.45, 2.75) is 38.3 Å². The Labute approximate surface area is 174 Å². The predicted molar refractivity (Wildman–Crippen MR) is 119 cm³/mol. The Balaban J connectivity index is 1.62. The standard InChI is InChI=1S/C23H23N3O2S/c1-14-8-7-9-16-15(2)12-19(25-21(14)16)29-13-20(27)26-18-11-6-5-10-17(18)24-22(28)23(26,3)4/h5-12H,13H2,1-4H3,(H,24,28). The first-order valence-electron chi connectivity index (χ1n) is 9.52. The van der Waals surface area contributed by atoms with Crippen molar-refractivity contribution >= 4 is 45.9 Å². The second-order valence-corrected chi connectivity index (χ2v) is 8.79. The summed E-state index contributed by atoms with van der Waals surface area (Å²) < 4.78 is 0. The summed E-state index contributed by atoms with van der Waals surface area (Å²) in [6.45, 7) is 7.63. The summed E-state index contributed by atoms with van der Waals surface area (Å²) in [4.78, 5) is 32.1. The summed E-state index contributed by atoms with van der Waals surface area (Å²) in [5, 5.41) is 4.83. The zero-order chi connectivity index (χ0) is 20.8. The summed E-state index contributed by atoms with van der Waals surface area (Å²) >= 11 is 1.40. The number of rotatable bonds is 3. The van der Waals surface area contributed by atoms with Crippen molar-refractivity contribution in [2.24, 2.45) is 0 Å². The van der Waals surface area contributed by atoms with Crippen LogP contribution in [-0.2, 0) is 9.59 Å². The number of nitrogens with zero attached hydrogens (tertiary/aromatic N) is 2. The molecule has 0 spiro atoms. The van der Waals surface area contributed by atoms with Gasteiger partial charge in [-0.05, 0) is 57.0 Å². The number of fused-ring (bicyclic) bond motifs is 2. The highest BCUT2D eigenvalue weighted by Gasteiger charge is 2.43. The van der Waals surface area contributed by atoms with E-state index in [1.807, 2.05) is 49.4 Å². The van der Waals surface area contributed by atoms with Crippen LogP contribution in [0.2, 0.25) is 0 Å². The van der Waals surface area contributed by atoms with E-state index in [1.54, 1.807) is 18.7 Å². The fourth-order valence-electron chi connectivity index (χ4n) is 3.70. The molecule has 2 heterocycles. The molecule has 1 aliphatic rings. The molecule has 1 aromatic heterocycles. The lowest BCUT2D eigenvalue weighted by Gasteiger charge is -2.42. The highest BCUT2D eigenvalue weighted by Crippen LogP contribution is 2.37. The normalized spacial score (nSPS) is 15.2. The van der Waals surface area contributed by atoms with Crippen LogP contribution in [-0.4, -0.2) is 28.1 Å². The van der Waals surface area contributed by atoms with E-state index < -0.39 is 5.54 Å². The van der Waals surface area contributed by atoms with Gasteiger partial charge in [0.2, 0.25) is 11.8 Å². The Morgan fingerprint density at radius 1 is 1.10 bits per heavy atom. The monoisotopic (exact) mass is 405 g/mol. The van der Waals surface area contributed by atoms with E-state index in [2.05, 4.69) is 18.3 Å². The molecule has 0 bridgehead atoms. The van der Waals surface area contributed by atoms with Crippen molar-refractivity contribution in [3.05, 3.63) is 59.7 Å². The van der Waals surface area contributed by atoms with Crippen LogP contribution in [0.5, 0.6) is 0 Å². The molecule has 1 N–H and O–H groups in total. The Kier molecular flexibility index (Phi) is 4.82. The number of anilines is 2. The van der Waals surface area contributed by atoms with E-state index in [9.17, 15) is 9.59 Å². The molecule has 1 aliphatic heterocycles. The number of nitrogens with one attached hydrogen (secondary N) is 1. The molecule has 5 nitrogen and oxygen atoms in total. The van der Waals surface area contributed by atoms with Crippen molar-refractivity contribution in [2.75, 3.05) is 16.0 Å². The first-order valence-corrected chi connectivity index (χ1v) is 10.5. The molecule has 0 aliphatic carbocycles. The van der Waals surface area contributed by atoms with Gasteiger partial charge >= 0.3 is 0 Å². The molecule has 0 radical (unpaired) electrons. The lowest BCUT2D eigenvalue weighted by molar-refractivity contribution is -0.125. The van der Waals surface area contributed by atoms with Crippen LogP contribution < -0.4 is 10.2 Å². The Hall–Kier alpha value is -2.86. The maximum Gasteiger partial charge on any atom is 0.250 e. The molecular formula is C23H23N3O2S. The molecule has 6 heteroatoms. The first-order chi connectivity index (χ1) is 13.8. The van der Waals surface area contributed by atoms with E-state index in [0.717, 1.165) is 32.7 Å². The highest BCUT2D eigenvalue weighted by atomic mass is 32.2. The number of carbonyl (C=O) groups is 2. The third-order valence-corrected chi connectivity index (χ3v) is 6.22. The molecule has 2 aromatic carbocycles. The topological polar surface area (TPSA) is 62.3 Å². The maximum absolute atomic E-state index is 13.2. The quantitative estimate of drug-likeness (QED) is 0.641. The van der Waals surface area contributed by atoms with Gasteiger partial charge in [-0.1, -0.05) is 42.1 Å². The van der Waals surface area contributed by atoms with Crippen LogP contribution >= 0.6 is 11.8 Å². The zero-order valence-electron chi connectivity index (χ0n) is 16.9. The number of para-hydroxylation sites is 3. The smallest absolute Gasteiger partial charge is 0.250 e. The molecule has 4 rings (SSSR count). The number of aromatic nitrogens is 1. The van der Waals surface area contributed by atoms with Gasteiger partial charge in [0.25, 0.3) is 0 Å². The van der Waals surface area contributed by atoms with Gasteiger partial charge in [-0.2, -0.15) is 0 Å². The fraction of sp³-hybridized carbons (Fsp3) is 0.261. The van der Waals surface area contributed by atoms with Gasteiger partial charge in [-0.25, -0.2) is 4.98 Å². The highest BCUT2D eigenvalue weighted by molar-refractivity contribution is 7.99. The van der Waals surface area contributed by atoms with Crippen molar-refractivity contribution in [3.63, 3.8) is 0 Å². The van der Waals surface area contributed by atoms with Crippen molar-refractivity contribution in [3.8, 4) is 0 Å². The largest absolute Gasteiger partial charge is 0.322 e. The first kappa shape index (κ1) is 19.5. The van der Waals surface area contributed by atoms with Gasteiger partial charge in [-0.3, -0.25) is 14.5 Å². The average Bonchev–Trinajstić information content (AvgIpc) is 2.68. The Morgan fingerprint density at radius 3 is 2.66 bits per heavy atom. The predicted octanol–water partition coefficient (Wildman–Crippen LogP) is 4.71. The number of hydrogen-bond acceptors (Lipinski definition) is 4. The van der Waals surface area contributed by atoms with Crippen LogP contribution in [0.25, 0.3) is 10.9 Å². The number of benzene rings is 2. The van der Waals surface area contributed by atoms with Crippen LogP contribution in [0, 0.1) is 13.8 Å². The van der Waals surface area contributed by atoms with E-state index in [1.165, 1.54) is 11.8 Å². The van der Waals surface area contributed by atoms with Crippen LogP contribution in [0.15, 0.2) is 53.6 Å². The SMILES string of the molecule is Cc1cc(SCC(=O)N2c3ccccc3NC(=O)C2(C)C)nc2c(C)cccc12. The van der Waals surface area contributed by atoms with Gasteiger partial charge in [-0.15, -0.1) is 0 Å². The third kappa shape index (κ3) is 3.38. The Bertz CT molecular complexity index is 1140. The van der Waals surface area contributed by atoms with Crippen molar-refractivity contribution in [1.82, 2.24) is 4.98 Å². The van der Waals surface area contributed by atoms with Gasteiger partial charge < -0.3 is 5.32 Å². The Morgan fingerprint density at radius 2 is 1.86 bits per heavy atom. The lowest BCUT2D eigenvalue weighted by atomic mass is 9.96. The van der Waals surface area contributed by atoms with E-state index in [4.69, 9.17) is 4.98 Å². The fourth-order valence-corrected chi connectivity index (χ4v) is 4.52. The van der Waals surface area contributed by atoms with Crippen LogP contribution in [0.4, 0.5) is 11.4 Å². The summed E-state index contributed by atoms with van der Waals surface area (Å²) in [6, 6.07) is 15.5. The number of carbonyl (C=O) groups excluding carboxylic acids is 2. The molecule has 3 aromatic rings. The van der Waals surface area contributed by atoms with Gasteiger partial charge in [0.1, 0.15) is 5.54 Å². The van der Waals surface area contributed by atoms with Gasteiger partial charge in [0.15, 0.2) is 0 Å². The summed E-state index contributed by atoms with van der Waals surface area (Å²) in [5.41, 5.74) is 3.63. The molecule has 0 fully saturated rings. The lowest BCUT2D eigenvalue weighted by Crippen LogP contribution is -2.58. The molecule has 0 saturated carbocycles. The van der Waals surface area contributed by atoms with Crippen LogP contribution in [0.1, 0.15) is 25.0 Å². The molecular weight excluding hydrogens is 382 g/mol.